The van der Waals surface area contributed by atoms with Gasteiger partial charge in [0.2, 0.25) is 0 Å². The van der Waals surface area contributed by atoms with Crippen molar-refractivity contribution in [3.8, 4) is 17.6 Å². The molecule has 0 bridgehead atoms. The number of amides is 1. The smallest absolute Gasteiger partial charge is 0.262 e. The van der Waals surface area contributed by atoms with Gasteiger partial charge in [-0.2, -0.15) is 5.26 Å². The normalized spacial score (nSPS) is 13.7. The average Bonchev–Trinajstić information content (AvgIpc) is 3.54. The molecule has 2 aromatic rings. The Morgan fingerprint density at radius 2 is 1.97 bits per heavy atom. The van der Waals surface area contributed by atoms with Crippen LogP contribution in [0.5, 0.6) is 11.5 Å². The highest BCUT2D eigenvalue weighted by molar-refractivity contribution is 6.02. The summed E-state index contributed by atoms with van der Waals surface area (Å²) in [7, 11) is 1.61. The summed E-state index contributed by atoms with van der Waals surface area (Å²) >= 11 is 0. The van der Waals surface area contributed by atoms with Crippen molar-refractivity contribution in [3.63, 3.8) is 0 Å². The molecule has 1 saturated carbocycles. The van der Waals surface area contributed by atoms with Gasteiger partial charge in [0.1, 0.15) is 29.7 Å². The minimum atomic E-state index is -0.325. The average molecular weight is 390 g/mol. The van der Waals surface area contributed by atoms with Crippen LogP contribution in [0.4, 0.5) is 0 Å². The van der Waals surface area contributed by atoms with Crippen LogP contribution in [0, 0.1) is 11.3 Å². The van der Waals surface area contributed by atoms with E-state index in [9.17, 15) is 10.1 Å². The van der Waals surface area contributed by atoms with Crippen LogP contribution in [0.25, 0.3) is 6.08 Å². The third kappa shape index (κ3) is 5.61. The molecule has 0 radical (unpaired) electrons. The second-order valence-electron chi connectivity index (χ2n) is 7.50. The predicted octanol–water partition coefficient (Wildman–Crippen LogP) is 4.58. The SMILES string of the molecule is COc1ccc(/C=C(\C#N)C(=O)NC2CC2)cc1COc1ccc(C(C)C)cc1. The van der Waals surface area contributed by atoms with Crippen LogP contribution in [-0.4, -0.2) is 19.1 Å². The zero-order valence-electron chi connectivity index (χ0n) is 17.1. The molecule has 1 fully saturated rings. The lowest BCUT2D eigenvalue weighted by Gasteiger charge is -2.12. The molecule has 1 aliphatic rings. The van der Waals surface area contributed by atoms with Crippen molar-refractivity contribution >= 4 is 12.0 Å². The Kier molecular flexibility index (Phi) is 6.56. The summed E-state index contributed by atoms with van der Waals surface area (Å²) in [5.41, 5.74) is 2.95. The van der Waals surface area contributed by atoms with Crippen LogP contribution in [0.15, 0.2) is 48.0 Å². The lowest BCUT2D eigenvalue weighted by atomic mass is 10.0. The largest absolute Gasteiger partial charge is 0.496 e. The van der Waals surface area contributed by atoms with Gasteiger partial charge in [0.15, 0.2) is 0 Å². The van der Waals surface area contributed by atoms with Crippen LogP contribution in [0.3, 0.4) is 0 Å². The lowest BCUT2D eigenvalue weighted by Crippen LogP contribution is -2.26. The molecule has 5 heteroatoms. The topological polar surface area (TPSA) is 71.3 Å². The molecule has 29 heavy (non-hydrogen) atoms. The first-order chi connectivity index (χ1) is 14.0. The standard InChI is InChI=1S/C24H26N2O3/c1-16(2)18-5-9-22(10-6-18)29-15-20-13-17(4-11-23(20)28-3)12-19(14-25)24(27)26-21-7-8-21/h4-6,9-13,16,21H,7-8,15H2,1-3H3,(H,26,27)/b19-12+. The van der Waals surface area contributed by atoms with Gasteiger partial charge in [0.25, 0.3) is 5.91 Å². The summed E-state index contributed by atoms with van der Waals surface area (Å²) in [6, 6.07) is 15.8. The van der Waals surface area contributed by atoms with Gasteiger partial charge in [-0.05, 0) is 60.2 Å². The first-order valence-corrected chi connectivity index (χ1v) is 9.82. The fourth-order valence-electron chi connectivity index (χ4n) is 2.92. The fraction of sp³-hybridized carbons (Fsp3) is 0.333. The Morgan fingerprint density at radius 3 is 2.55 bits per heavy atom. The molecule has 1 N–H and O–H groups in total. The second-order valence-corrected chi connectivity index (χ2v) is 7.50. The van der Waals surface area contributed by atoms with E-state index < -0.39 is 0 Å². The molecule has 2 aromatic carbocycles. The van der Waals surface area contributed by atoms with Crippen molar-refractivity contribution in [2.75, 3.05) is 7.11 Å². The molecule has 0 aromatic heterocycles. The van der Waals surface area contributed by atoms with Gasteiger partial charge in [-0.25, -0.2) is 0 Å². The van der Waals surface area contributed by atoms with E-state index in [4.69, 9.17) is 9.47 Å². The zero-order chi connectivity index (χ0) is 20.8. The number of benzene rings is 2. The molecular formula is C24H26N2O3. The highest BCUT2D eigenvalue weighted by Crippen LogP contribution is 2.25. The van der Waals surface area contributed by atoms with Crippen LogP contribution in [0.2, 0.25) is 0 Å². The van der Waals surface area contributed by atoms with E-state index in [0.717, 1.165) is 29.7 Å². The number of rotatable bonds is 8. The minimum absolute atomic E-state index is 0.0956. The zero-order valence-corrected chi connectivity index (χ0v) is 17.1. The summed E-state index contributed by atoms with van der Waals surface area (Å²) in [6.07, 6.45) is 3.55. The highest BCUT2D eigenvalue weighted by Gasteiger charge is 2.24. The Labute approximate surface area is 172 Å². The Balaban J connectivity index is 1.74. The van der Waals surface area contributed by atoms with Gasteiger partial charge in [0.05, 0.1) is 7.11 Å². The molecule has 0 unspecified atom stereocenters. The first kappa shape index (κ1) is 20.5. The number of nitrogens with one attached hydrogen (secondary N) is 1. The van der Waals surface area contributed by atoms with Gasteiger partial charge in [-0.1, -0.05) is 32.0 Å². The molecule has 3 rings (SSSR count). The molecule has 0 spiro atoms. The summed E-state index contributed by atoms with van der Waals surface area (Å²) in [5, 5.41) is 12.2. The maximum atomic E-state index is 12.2. The molecule has 0 saturated heterocycles. The first-order valence-electron chi connectivity index (χ1n) is 9.82. The van der Waals surface area contributed by atoms with Crippen molar-refractivity contribution in [1.29, 1.82) is 5.26 Å². The van der Waals surface area contributed by atoms with E-state index in [-0.39, 0.29) is 17.5 Å². The van der Waals surface area contributed by atoms with E-state index >= 15 is 0 Å². The summed E-state index contributed by atoms with van der Waals surface area (Å²) in [6.45, 7) is 4.63. The Bertz CT molecular complexity index is 936. The molecule has 150 valence electrons. The number of ether oxygens (including phenoxy) is 2. The molecule has 5 nitrogen and oxygen atoms in total. The maximum Gasteiger partial charge on any atom is 0.262 e. The minimum Gasteiger partial charge on any atom is -0.496 e. The van der Waals surface area contributed by atoms with Gasteiger partial charge < -0.3 is 14.8 Å². The summed E-state index contributed by atoms with van der Waals surface area (Å²) < 4.78 is 11.4. The Hall–Kier alpha value is -3.26. The highest BCUT2D eigenvalue weighted by atomic mass is 16.5. The van der Waals surface area contributed by atoms with E-state index in [0.29, 0.717) is 18.3 Å². The maximum absolute atomic E-state index is 12.2. The van der Waals surface area contributed by atoms with Crippen LogP contribution in [-0.2, 0) is 11.4 Å². The van der Waals surface area contributed by atoms with Crippen LogP contribution >= 0.6 is 0 Å². The third-order valence-electron chi connectivity index (χ3n) is 4.83. The molecule has 1 aliphatic carbocycles. The van der Waals surface area contributed by atoms with Gasteiger partial charge in [-0.15, -0.1) is 0 Å². The van der Waals surface area contributed by atoms with E-state index in [1.54, 1.807) is 13.2 Å². The quantitative estimate of drug-likeness (QED) is 0.529. The molecular weight excluding hydrogens is 364 g/mol. The van der Waals surface area contributed by atoms with E-state index in [1.807, 2.05) is 36.4 Å². The molecule has 0 aliphatic heterocycles. The monoisotopic (exact) mass is 390 g/mol. The predicted molar refractivity (Wildman–Crippen MR) is 113 cm³/mol. The van der Waals surface area contributed by atoms with Crippen molar-refractivity contribution in [2.24, 2.45) is 0 Å². The van der Waals surface area contributed by atoms with Gasteiger partial charge >= 0.3 is 0 Å². The number of nitriles is 1. The lowest BCUT2D eigenvalue weighted by molar-refractivity contribution is -0.117. The van der Waals surface area contributed by atoms with Crippen molar-refractivity contribution in [3.05, 3.63) is 64.7 Å². The molecule has 0 heterocycles. The van der Waals surface area contributed by atoms with E-state index in [2.05, 4.69) is 31.3 Å². The van der Waals surface area contributed by atoms with Gasteiger partial charge in [-0.3, -0.25) is 4.79 Å². The van der Waals surface area contributed by atoms with Gasteiger partial charge in [0, 0.05) is 11.6 Å². The second kappa shape index (κ2) is 9.29. The van der Waals surface area contributed by atoms with Crippen LogP contribution in [0.1, 0.15) is 49.3 Å². The number of carbonyl (C=O) groups excluding carboxylic acids is 1. The van der Waals surface area contributed by atoms with Crippen molar-refractivity contribution in [1.82, 2.24) is 5.32 Å². The number of methoxy groups -OCH3 is 1. The Morgan fingerprint density at radius 1 is 1.24 bits per heavy atom. The number of hydrogen-bond acceptors (Lipinski definition) is 4. The van der Waals surface area contributed by atoms with Crippen LogP contribution < -0.4 is 14.8 Å². The number of nitrogens with zero attached hydrogens (tertiary/aromatic N) is 1. The van der Waals surface area contributed by atoms with E-state index in [1.165, 1.54) is 5.56 Å². The third-order valence-corrected chi connectivity index (χ3v) is 4.83. The van der Waals surface area contributed by atoms with Crippen molar-refractivity contribution < 1.29 is 14.3 Å². The number of carbonyl (C=O) groups is 1. The fourth-order valence-corrected chi connectivity index (χ4v) is 2.92. The molecule has 0 atom stereocenters. The van der Waals surface area contributed by atoms with Crippen molar-refractivity contribution in [2.45, 2.75) is 45.3 Å². The summed E-state index contributed by atoms with van der Waals surface area (Å²) in [5.74, 6) is 1.62. The molecule has 1 amide bonds. The summed E-state index contributed by atoms with van der Waals surface area (Å²) in [4.78, 5) is 12.2. The number of hydrogen-bond donors (Lipinski definition) is 1.